The first-order valence-corrected chi connectivity index (χ1v) is 7.70. The van der Waals surface area contributed by atoms with E-state index in [0.717, 1.165) is 25.6 Å². The minimum Gasteiger partial charge on any atom is -0.379 e. The number of hydrogen-bond acceptors (Lipinski definition) is 2. The lowest BCUT2D eigenvalue weighted by atomic mass is 9.71. The van der Waals surface area contributed by atoms with Gasteiger partial charge in [-0.25, -0.2) is 0 Å². The Morgan fingerprint density at radius 3 is 2.58 bits per heavy atom. The lowest BCUT2D eigenvalue weighted by molar-refractivity contribution is -0.0726. The second-order valence-electron chi connectivity index (χ2n) is 6.24. The lowest BCUT2D eigenvalue weighted by Crippen LogP contribution is -2.49. The predicted octanol–water partition coefficient (Wildman–Crippen LogP) is 2.91. The highest BCUT2D eigenvalue weighted by molar-refractivity contribution is 5.31. The molecule has 0 spiro atoms. The molecule has 0 bridgehead atoms. The van der Waals surface area contributed by atoms with Gasteiger partial charge in [0.25, 0.3) is 0 Å². The molecular formula is C17H25NO. The molecule has 2 saturated heterocycles. The number of benzene rings is 1. The Kier molecular flexibility index (Phi) is 3.90. The van der Waals surface area contributed by atoms with Gasteiger partial charge in [0, 0.05) is 5.41 Å². The van der Waals surface area contributed by atoms with Crippen molar-refractivity contribution in [1.82, 2.24) is 5.32 Å². The van der Waals surface area contributed by atoms with Gasteiger partial charge in [-0.2, -0.15) is 0 Å². The fraction of sp³-hybridized carbons (Fsp3) is 0.647. The van der Waals surface area contributed by atoms with Gasteiger partial charge in [0.05, 0.1) is 13.2 Å². The minimum atomic E-state index is 0.302. The van der Waals surface area contributed by atoms with E-state index in [0.29, 0.717) is 5.41 Å². The third-order valence-electron chi connectivity index (χ3n) is 4.81. The zero-order valence-corrected chi connectivity index (χ0v) is 12.0. The zero-order chi connectivity index (χ0) is 13.1. The number of nitrogens with one attached hydrogen (secondary N) is 1. The molecule has 0 amide bonds. The molecule has 2 nitrogen and oxygen atoms in total. The van der Waals surface area contributed by atoms with Gasteiger partial charge in [-0.15, -0.1) is 0 Å². The average Bonchev–Trinajstić information content (AvgIpc) is 2.44. The average molecular weight is 259 g/mol. The van der Waals surface area contributed by atoms with Crippen LogP contribution in [0.3, 0.4) is 0 Å². The molecule has 2 aliphatic heterocycles. The van der Waals surface area contributed by atoms with Crippen molar-refractivity contribution in [3.8, 4) is 0 Å². The van der Waals surface area contributed by atoms with E-state index in [1.54, 1.807) is 0 Å². The Morgan fingerprint density at radius 2 is 2.05 bits per heavy atom. The van der Waals surface area contributed by atoms with Crippen LogP contribution >= 0.6 is 0 Å². The Hall–Kier alpha value is -0.860. The van der Waals surface area contributed by atoms with Crippen LogP contribution in [0.15, 0.2) is 24.3 Å². The summed E-state index contributed by atoms with van der Waals surface area (Å²) in [7, 11) is 0. The van der Waals surface area contributed by atoms with Crippen LogP contribution in [-0.2, 0) is 16.6 Å². The van der Waals surface area contributed by atoms with Crippen molar-refractivity contribution in [2.45, 2.75) is 38.0 Å². The van der Waals surface area contributed by atoms with Gasteiger partial charge in [0.15, 0.2) is 0 Å². The Balaban J connectivity index is 1.73. The first kappa shape index (κ1) is 13.1. The molecule has 104 valence electrons. The number of hydrogen-bond donors (Lipinski definition) is 1. The molecule has 1 unspecified atom stereocenters. The molecule has 1 N–H and O–H groups in total. The molecule has 2 fully saturated rings. The van der Waals surface area contributed by atoms with Crippen molar-refractivity contribution in [1.29, 1.82) is 0 Å². The van der Waals surface area contributed by atoms with Crippen LogP contribution in [0.4, 0.5) is 0 Å². The van der Waals surface area contributed by atoms with Crippen molar-refractivity contribution < 1.29 is 4.74 Å². The first-order valence-electron chi connectivity index (χ1n) is 7.70. The van der Waals surface area contributed by atoms with Crippen molar-refractivity contribution in [3.63, 3.8) is 0 Å². The highest BCUT2D eigenvalue weighted by Gasteiger charge is 2.42. The van der Waals surface area contributed by atoms with Gasteiger partial charge in [-0.3, -0.25) is 0 Å². The van der Waals surface area contributed by atoms with Crippen molar-refractivity contribution in [2.75, 3.05) is 26.3 Å². The Labute approximate surface area is 116 Å². The summed E-state index contributed by atoms with van der Waals surface area (Å²) in [4.78, 5) is 0. The summed E-state index contributed by atoms with van der Waals surface area (Å²) in [6.45, 7) is 6.43. The monoisotopic (exact) mass is 259 g/mol. The molecule has 19 heavy (non-hydrogen) atoms. The lowest BCUT2D eigenvalue weighted by Gasteiger charge is -2.45. The fourth-order valence-electron chi connectivity index (χ4n) is 3.50. The standard InChI is InChI=1S/C17H25NO/c1-2-14-5-7-16(8-6-14)17(12-19-13-17)10-15-4-3-9-18-11-15/h5-8,15,18H,2-4,9-13H2,1H3. The summed E-state index contributed by atoms with van der Waals surface area (Å²) >= 11 is 0. The third-order valence-corrected chi connectivity index (χ3v) is 4.81. The quantitative estimate of drug-likeness (QED) is 0.897. The van der Waals surface area contributed by atoms with E-state index in [1.807, 2.05) is 0 Å². The second-order valence-corrected chi connectivity index (χ2v) is 6.24. The van der Waals surface area contributed by atoms with E-state index in [-0.39, 0.29) is 0 Å². The maximum atomic E-state index is 5.57. The highest BCUT2D eigenvalue weighted by Crippen LogP contribution is 2.39. The largest absolute Gasteiger partial charge is 0.379 e. The molecule has 0 radical (unpaired) electrons. The van der Waals surface area contributed by atoms with Gasteiger partial charge in [0.2, 0.25) is 0 Å². The molecule has 0 aromatic heterocycles. The number of rotatable bonds is 4. The smallest absolute Gasteiger partial charge is 0.0585 e. The van der Waals surface area contributed by atoms with Gasteiger partial charge >= 0.3 is 0 Å². The topological polar surface area (TPSA) is 21.3 Å². The molecule has 0 aliphatic carbocycles. The van der Waals surface area contributed by atoms with Gasteiger partial charge in [0.1, 0.15) is 0 Å². The number of piperidine rings is 1. The summed E-state index contributed by atoms with van der Waals surface area (Å²) in [5.41, 5.74) is 3.22. The van der Waals surface area contributed by atoms with Crippen LogP contribution in [0.5, 0.6) is 0 Å². The van der Waals surface area contributed by atoms with Gasteiger partial charge in [-0.1, -0.05) is 31.2 Å². The second kappa shape index (κ2) is 5.64. The van der Waals surface area contributed by atoms with E-state index in [9.17, 15) is 0 Å². The summed E-state index contributed by atoms with van der Waals surface area (Å²) in [6, 6.07) is 9.23. The van der Waals surface area contributed by atoms with E-state index in [4.69, 9.17) is 4.74 Å². The Bertz CT molecular complexity index is 402. The summed E-state index contributed by atoms with van der Waals surface area (Å²) in [6.07, 6.45) is 5.11. The van der Waals surface area contributed by atoms with Crippen LogP contribution in [-0.4, -0.2) is 26.3 Å². The van der Waals surface area contributed by atoms with Crippen LogP contribution in [0.25, 0.3) is 0 Å². The normalized spacial score (nSPS) is 25.8. The van der Waals surface area contributed by atoms with Crippen LogP contribution in [0.2, 0.25) is 0 Å². The number of ether oxygens (including phenoxy) is 1. The van der Waals surface area contributed by atoms with E-state index < -0.39 is 0 Å². The predicted molar refractivity (Wildman–Crippen MR) is 78.5 cm³/mol. The maximum absolute atomic E-state index is 5.57. The molecule has 2 heteroatoms. The van der Waals surface area contributed by atoms with Crippen LogP contribution in [0.1, 0.15) is 37.3 Å². The summed E-state index contributed by atoms with van der Waals surface area (Å²) in [5, 5.41) is 3.53. The minimum absolute atomic E-state index is 0.302. The molecule has 1 aromatic rings. The van der Waals surface area contributed by atoms with Gasteiger partial charge in [-0.05, 0) is 55.8 Å². The molecule has 1 atom stereocenters. The number of aryl methyl sites for hydroxylation is 1. The molecule has 2 aliphatic rings. The first-order chi connectivity index (χ1) is 9.32. The SMILES string of the molecule is CCc1ccc(C2(CC3CCCNC3)COC2)cc1. The van der Waals surface area contributed by atoms with Crippen molar-refractivity contribution >= 4 is 0 Å². The van der Waals surface area contributed by atoms with Crippen molar-refractivity contribution in [3.05, 3.63) is 35.4 Å². The molecule has 1 aromatic carbocycles. The van der Waals surface area contributed by atoms with Gasteiger partial charge < -0.3 is 10.1 Å². The van der Waals surface area contributed by atoms with E-state index in [1.165, 1.54) is 43.5 Å². The Morgan fingerprint density at radius 1 is 1.26 bits per heavy atom. The maximum Gasteiger partial charge on any atom is 0.0585 e. The molecular weight excluding hydrogens is 234 g/mol. The zero-order valence-electron chi connectivity index (χ0n) is 12.0. The van der Waals surface area contributed by atoms with E-state index >= 15 is 0 Å². The summed E-state index contributed by atoms with van der Waals surface area (Å²) in [5.74, 6) is 0.823. The fourth-order valence-corrected chi connectivity index (χ4v) is 3.50. The highest BCUT2D eigenvalue weighted by atomic mass is 16.5. The molecule has 2 heterocycles. The van der Waals surface area contributed by atoms with Crippen LogP contribution in [0, 0.1) is 5.92 Å². The summed E-state index contributed by atoms with van der Waals surface area (Å²) < 4.78 is 5.57. The molecule has 3 rings (SSSR count). The third kappa shape index (κ3) is 2.70. The molecule has 0 saturated carbocycles. The van der Waals surface area contributed by atoms with Crippen LogP contribution < -0.4 is 5.32 Å². The van der Waals surface area contributed by atoms with E-state index in [2.05, 4.69) is 36.5 Å². The van der Waals surface area contributed by atoms with Crippen molar-refractivity contribution in [2.24, 2.45) is 5.92 Å².